The van der Waals surface area contributed by atoms with Gasteiger partial charge in [-0.2, -0.15) is 5.10 Å². The molecule has 0 saturated heterocycles. The molecule has 1 aromatic carbocycles. The highest BCUT2D eigenvalue weighted by molar-refractivity contribution is 5.23. The lowest BCUT2D eigenvalue weighted by atomic mass is 10.1. The average Bonchev–Trinajstić information content (AvgIpc) is 3.01. The summed E-state index contributed by atoms with van der Waals surface area (Å²) in [5.41, 5.74) is 3.45. The molecule has 0 atom stereocenters. The fourth-order valence-corrected chi connectivity index (χ4v) is 2.15. The van der Waals surface area contributed by atoms with Crippen LogP contribution in [0.2, 0.25) is 0 Å². The van der Waals surface area contributed by atoms with Crippen molar-refractivity contribution >= 4 is 0 Å². The molecular formula is C15H16N4O. The van der Waals surface area contributed by atoms with Crippen molar-refractivity contribution in [3.63, 3.8) is 0 Å². The first-order valence-electron chi connectivity index (χ1n) is 6.51. The molecule has 1 N–H and O–H groups in total. The number of hydrogen-bond acceptors (Lipinski definition) is 2. The normalized spacial score (nSPS) is 10.8. The van der Waals surface area contributed by atoms with Gasteiger partial charge in [0.25, 0.3) is 5.56 Å². The molecule has 2 heterocycles. The Morgan fingerprint density at radius 1 is 1.10 bits per heavy atom. The van der Waals surface area contributed by atoms with Crippen LogP contribution in [0.3, 0.4) is 0 Å². The first-order valence-corrected chi connectivity index (χ1v) is 6.51. The summed E-state index contributed by atoms with van der Waals surface area (Å²) in [6.45, 7) is 3.47. The number of aromatic amines is 1. The smallest absolute Gasteiger partial charge is 0.264 e. The largest absolute Gasteiger partial charge is 0.288 e. The lowest BCUT2D eigenvalue weighted by Gasteiger charge is -2.05. The molecule has 2 aromatic heterocycles. The Bertz CT molecular complexity index is 749. The zero-order chi connectivity index (χ0) is 13.9. The van der Waals surface area contributed by atoms with E-state index in [0.717, 1.165) is 17.7 Å². The molecular weight excluding hydrogens is 252 g/mol. The maximum absolute atomic E-state index is 11.1. The van der Waals surface area contributed by atoms with Gasteiger partial charge < -0.3 is 0 Å². The number of aromatic nitrogens is 4. The van der Waals surface area contributed by atoms with Crippen LogP contribution in [0.1, 0.15) is 16.7 Å². The Morgan fingerprint density at radius 2 is 1.80 bits per heavy atom. The van der Waals surface area contributed by atoms with Gasteiger partial charge in [0.05, 0.1) is 19.3 Å². The van der Waals surface area contributed by atoms with Gasteiger partial charge in [-0.25, -0.2) is 0 Å². The van der Waals surface area contributed by atoms with Crippen molar-refractivity contribution in [1.29, 1.82) is 0 Å². The van der Waals surface area contributed by atoms with E-state index < -0.39 is 0 Å². The summed E-state index contributed by atoms with van der Waals surface area (Å²) >= 11 is 0. The van der Waals surface area contributed by atoms with E-state index in [-0.39, 0.29) is 5.56 Å². The third-order valence-electron chi connectivity index (χ3n) is 3.14. The van der Waals surface area contributed by atoms with Crippen molar-refractivity contribution in [2.24, 2.45) is 0 Å². The van der Waals surface area contributed by atoms with Crippen LogP contribution in [-0.2, 0) is 13.1 Å². The zero-order valence-electron chi connectivity index (χ0n) is 11.3. The molecule has 0 spiro atoms. The molecule has 5 nitrogen and oxygen atoms in total. The Balaban J connectivity index is 1.69. The van der Waals surface area contributed by atoms with E-state index in [1.54, 1.807) is 10.9 Å². The highest BCUT2D eigenvalue weighted by Crippen LogP contribution is 2.08. The quantitative estimate of drug-likeness (QED) is 0.784. The molecule has 0 amide bonds. The monoisotopic (exact) mass is 268 g/mol. The molecule has 3 aromatic rings. The molecule has 5 heteroatoms. The van der Waals surface area contributed by atoms with Crippen LogP contribution in [-0.4, -0.2) is 19.6 Å². The lowest BCUT2D eigenvalue weighted by molar-refractivity contribution is 0.674. The number of benzene rings is 1. The number of rotatable bonds is 4. The third kappa shape index (κ3) is 2.88. The van der Waals surface area contributed by atoms with Gasteiger partial charge in [-0.1, -0.05) is 24.3 Å². The Morgan fingerprint density at radius 3 is 2.35 bits per heavy atom. The standard InChI is InChI=1S/C15H16N4O/c1-12-8-16-19(9-12)11-14-4-2-13(3-5-14)10-18-7-6-15(20)17-18/h2-9H,10-11H2,1H3,(H,17,20). The van der Waals surface area contributed by atoms with Gasteiger partial charge in [0, 0.05) is 18.5 Å². The van der Waals surface area contributed by atoms with Crippen LogP contribution in [0.5, 0.6) is 0 Å². The summed E-state index contributed by atoms with van der Waals surface area (Å²) in [5.74, 6) is 0. The first-order chi connectivity index (χ1) is 9.69. The molecule has 102 valence electrons. The fourth-order valence-electron chi connectivity index (χ4n) is 2.15. The van der Waals surface area contributed by atoms with Crippen LogP contribution in [0, 0.1) is 6.92 Å². The molecule has 3 rings (SSSR count). The fraction of sp³-hybridized carbons (Fsp3) is 0.200. The summed E-state index contributed by atoms with van der Waals surface area (Å²) in [7, 11) is 0. The summed E-state index contributed by atoms with van der Waals surface area (Å²) in [6.07, 6.45) is 5.64. The van der Waals surface area contributed by atoms with Crippen LogP contribution in [0.15, 0.2) is 53.7 Å². The summed E-state index contributed by atoms with van der Waals surface area (Å²) in [5, 5.41) is 7.01. The molecule has 0 bridgehead atoms. The Hall–Kier alpha value is -2.56. The summed E-state index contributed by atoms with van der Waals surface area (Å²) in [4.78, 5) is 11.1. The highest BCUT2D eigenvalue weighted by Gasteiger charge is 1.99. The number of nitrogens with zero attached hydrogens (tertiary/aromatic N) is 3. The molecule has 0 unspecified atom stereocenters. The van der Waals surface area contributed by atoms with Crippen LogP contribution >= 0.6 is 0 Å². The van der Waals surface area contributed by atoms with E-state index in [0.29, 0.717) is 6.54 Å². The molecule has 0 saturated carbocycles. The van der Waals surface area contributed by atoms with Gasteiger partial charge >= 0.3 is 0 Å². The Kier molecular flexibility index (Phi) is 3.25. The second-order valence-electron chi connectivity index (χ2n) is 4.95. The van der Waals surface area contributed by atoms with Crippen molar-refractivity contribution in [2.45, 2.75) is 20.0 Å². The molecule has 0 aliphatic carbocycles. The first kappa shape index (κ1) is 12.5. The minimum Gasteiger partial charge on any atom is -0.288 e. The van der Waals surface area contributed by atoms with E-state index >= 15 is 0 Å². The predicted molar refractivity (Wildman–Crippen MR) is 76.7 cm³/mol. The van der Waals surface area contributed by atoms with E-state index in [4.69, 9.17) is 0 Å². The van der Waals surface area contributed by atoms with Gasteiger partial charge in [-0.05, 0) is 23.6 Å². The van der Waals surface area contributed by atoms with Gasteiger partial charge in [-0.15, -0.1) is 0 Å². The molecule has 20 heavy (non-hydrogen) atoms. The SMILES string of the molecule is Cc1cnn(Cc2ccc(Cn3ccc(=O)[nH]3)cc2)c1. The van der Waals surface area contributed by atoms with Crippen LogP contribution in [0.25, 0.3) is 0 Å². The van der Waals surface area contributed by atoms with Crippen molar-refractivity contribution in [3.8, 4) is 0 Å². The number of H-pyrrole nitrogens is 1. The second-order valence-corrected chi connectivity index (χ2v) is 4.95. The predicted octanol–water partition coefficient (Wildman–Crippen LogP) is 1.78. The van der Waals surface area contributed by atoms with Gasteiger partial charge in [0.2, 0.25) is 0 Å². The summed E-state index contributed by atoms with van der Waals surface area (Å²) in [6, 6.07) is 9.85. The van der Waals surface area contributed by atoms with Crippen LogP contribution < -0.4 is 5.56 Å². The molecule has 0 radical (unpaired) electrons. The van der Waals surface area contributed by atoms with Crippen molar-refractivity contribution in [2.75, 3.05) is 0 Å². The lowest BCUT2D eigenvalue weighted by Crippen LogP contribution is -2.06. The summed E-state index contributed by atoms with van der Waals surface area (Å²) < 4.78 is 3.70. The molecule has 0 fully saturated rings. The Labute approximate surface area is 116 Å². The highest BCUT2D eigenvalue weighted by atomic mass is 16.1. The van der Waals surface area contributed by atoms with E-state index in [2.05, 4.69) is 34.5 Å². The number of hydrogen-bond donors (Lipinski definition) is 1. The number of aryl methyl sites for hydroxylation is 1. The van der Waals surface area contributed by atoms with Crippen LogP contribution in [0.4, 0.5) is 0 Å². The average molecular weight is 268 g/mol. The molecule has 0 aliphatic heterocycles. The molecule has 0 aliphatic rings. The van der Waals surface area contributed by atoms with Crippen molar-refractivity contribution < 1.29 is 0 Å². The van der Waals surface area contributed by atoms with Gasteiger partial charge in [0.1, 0.15) is 0 Å². The van der Waals surface area contributed by atoms with Gasteiger partial charge in [-0.3, -0.25) is 19.3 Å². The second kappa shape index (κ2) is 5.21. The topological polar surface area (TPSA) is 55.6 Å². The third-order valence-corrected chi connectivity index (χ3v) is 3.14. The van der Waals surface area contributed by atoms with Crippen molar-refractivity contribution in [3.05, 3.63) is 76.0 Å². The van der Waals surface area contributed by atoms with E-state index in [1.165, 1.54) is 11.6 Å². The van der Waals surface area contributed by atoms with Gasteiger partial charge in [0.15, 0.2) is 0 Å². The van der Waals surface area contributed by atoms with E-state index in [1.807, 2.05) is 24.0 Å². The maximum atomic E-state index is 11.1. The van der Waals surface area contributed by atoms with E-state index in [9.17, 15) is 4.79 Å². The zero-order valence-corrected chi connectivity index (χ0v) is 11.3. The maximum Gasteiger partial charge on any atom is 0.264 e. The minimum absolute atomic E-state index is 0.0735. The minimum atomic E-state index is -0.0735. The number of nitrogens with one attached hydrogen (secondary N) is 1. The van der Waals surface area contributed by atoms with Crippen molar-refractivity contribution in [1.82, 2.24) is 19.6 Å².